The highest BCUT2D eigenvalue weighted by Gasteiger charge is 2.51. The summed E-state index contributed by atoms with van der Waals surface area (Å²) < 4.78 is 7.17. The van der Waals surface area contributed by atoms with Gasteiger partial charge in [0.05, 0.1) is 5.41 Å². The van der Waals surface area contributed by atoms with Gasteiger partial charge in [0, 0.05) is 45.8 Å². The fourth-order valence-electron chi connectivity index (χ4n) is 13.4. The van der Waals surface area contributed by atoms with Crippen LogP contribution in [0.5, 0.6) is 0 Å². The van der Waals surface area contributed by atoms with Crippen molar-refractivity contribution in [3.8, 4) is 11.1 Å². The van der Waals surface area contributed by atoms with Gasteiger partial charge in [0.25, 0.3) is 0 Å². The summed E-state index contributed by atoms with van der Waals surface area (Å²) in [5, 5.41) is 7.12. The zero-order chi connectivity index (χ0) is 57.8. The molecule has 0 unspecified atom stereocenters. The molecule has 1 aromatic heterocycles. The van der Waals surface area contributed by atoms with E-state index in [-0.39, 0.29) is 21.7 Å². The van der Waals surface area contributed by atoms with E-state index >= 15 is 0 Å². The standard InChI is InChI=1S/C80H76N2O/c1-76(2,3)53-31-39-59(40-32-53)81(60-41-33-54(34-42-60)77(4,5)6)51-52-49-70-71(67-29-21-22-30-69(67)83-70)73-72-65-28-20-19-27-64(65)68-50-63(82(61-43-35-55(36-44-61)78(7,8)9)62-45-37-56(38-46-62)79(10,11)12)47-48-66(68)75(72)80(74(52)73,57-23-15-13-16-24-57)58-25-17-14-18-26-58/h13-50H,51H2,1-12H3. The van der Waals surface area contributed by atoms with Crippen molar-refractivity contribution < 1.29 is 4.42 Å². The summed E-state index contributed by atoms with van der Waals surface area (Å²) in [4.78, 5) is 4.98. The van der Waals surface area contributed by atoms with Gasteiger partial charge in [0.2, 0.25) is 0 Å². The summed E-state index contributed by atoms with van der Waals surface area (Å²) in [6.07, 6.45) is 0. The SMILES string of the molecule is CC(C)(C)c1ccc(N(Cc2cc3oc4ccccc4c3c3c2C(c2ccccc2)(c2ccccc2)c2c-3c3ccccc3c3cc(N(c4ccc(C(C)(C)C)cc4)c4ccc(C(C)(C)C)cc4)ccc23)c2ccc(C(C)(C)C)cc2)cc1. The number of hydrogen-bond donors (Lipinski definition) is 0. The zero-order valence-corrected chi connectivity index (χ0v) is 50.4. The zero-order valence-electron chi connectivity index (χ0n) is 50.4. The van der Waals surface area contributed by atoms with Crippen LogP contribution in [-0.4, -0.2) is 0 Å². The monoisotopic (exact) mass is 1080 g/mol. The predicted octanol–water partition coefficient (Wildman–Crippen LogP) is 22.3. The molecule has 1 aliphatic carbocycles. The van der Waals surface area contributed by atoms with Gasteiger partial charge in [-0.2, -0.15) is 0 Å². The smallest absolute Gasteiger partial charge is 0.136 e. The van der Waals surface area contributed by atoms with Crippen LogP contribution in [-0.2, 0) is 33.6 Å². The second-order valence-electron chi connectivity index (χ2n) is 27.4. The number of furan rings is 1. The molecule has 1 heterocycles. The van der Waals surface area contributed by atoms with E-state index in [4.69, 9.17) is 4.42 Å². The molecule has 0 aliphatic heterocycles. The molecular weight excluding hydrogens is 1000 g/mol. The molecule has 1 aliphatic rings. The van der Waals surface area contributed by atoms with Crippen molar-refractivity contribution in [2.75, 3.05) is 9.80 Å². The molecule has 0 saturated heterocycles. The van der Waals surface area contributed by atoms with Gasteiger partial charge in [-0.05, 0) is 177 Å². The number of hydrogen-bond acceptors (Lipinski definition) is 3. The average Bonchev–Trinajstić information content (AvgIpc) is 2.52. The van der Waals surface area contributed by atoms with Crippen LogP contribution in [0.1, 0.15) is 133 Å². The van der Waals surface area contributed by atoms with Gasteiger partial charge >= 0.3 is 0 Å². The van der Waals surface area contributed by atoms with E-state index in [9.17, 15) is 0 Å². The van der Waals surface area contributed by atoms with Crippen molar-refractivity contribution >= 4 is 71.9 Å². The van der Waals surface area contributed by atoms with Crippen LogP contribution >= 0.6 is 0 Å². The Hall–Kier alpha value is -8.66. The van der Waals surface area contributed by atoms with E-state index in [1.54, 1.807) is 0 Å². The highest BCUT2D eigenvalue weighted by molar-refractivity contribution is 6.25. The molecule has 12 aromatic rings. The van der Waals surface area contributed by atoms with E-state index in [0.717, 1.165) is 50.4 Å². The van der Waals surface area contributed by atoms with Gasteiger partial charge in [-0.25, -0.2) is 0 Å². The minimum Gasteiger partial charge on any atom is -0.456 e. The van der Waals surface area contributed by atoms with Crippen molar-refractivity contribution in [3.05, 3.63) is 281 Å². The second kappa shape index (κ2) is 19.8. The maximum atomic E-state index is 7.17. The Morgan fingerprint density at radius 1 is 0.325 bits per heavy atom. The van der Waals surface area contributed by atoms with Crippen molar-refractivity contribution in [2.24, 2.45) is 0 Å². The summed E-state index contributed by atoms with van der Waals surface area (Å²) in [6, 6.07) is 87.4. The van der Waals surface area contributed by atoms with Crippen LogP contribution in [0.25, 0.3) is 54.6 Å². The van der Waals surface area contributed by atoms with Crippen molar-refractivity contribution in [3.63, 3.8) is 0 Å². The first-order valence-electron chi connectivity index (χ1n) is 29.8. The number of rotatable bonds is 9. The Balaban J connectivity index is 1.15. The van der Waals surface area contributed by atoms with Crippen molar-refractivity contribution in [1.29, 1.82) is 0 Å². The number of benzene rings is 11. The molecule has 3 nitrogen and oxygen atoms in total. The molecule has 0 atom stereocenters. The van der Waals surface area contributed by atoms with E-state index < -0.39 is 5.41 Å². The minimum absolute atomic E-state index is 0.00160. The fraction of sp³-hybridized carbons (Fsp3) is 0.225. The Labute approximate surface area is 491 Å². The lowest BCUT2D eigenvalue weighted by atomic mass is 9.65. The summed E-state index contributed by atoms with van der Waals surface area (Å²) in [7, 11) is 0. The normalized spacial score (nSPS) is 13.4. The van der Waals surface area contributed by atoms with Gasteiger partial charge in [0.15, 0.2) is 0 Å². The van der Waals surface area contributed by atoms with E-state index in [2.05, 4.69) is 323 Å². The molecule has 0 bridgehead atoms. The molecule has 0 saturated carbocycles. The third-order valence-electron chi connectivity index (χ3n) is 17.8. The Kier molecular flexibility index (Phi) is 12.8. The largest absolute Gasteiger partial charge is 0.456 e. The van der Waals surface area contributed by atoms with Crippen molar-refractivity contribution in [1.82, 2.24) is 0 Å². The number of para-hydroxylation sites is 1. The Morgan fingerprint density at radius 2 is 0.735 bits per heavy atom. The van der Waals surface area contributed by atoms with E-state index in [1.165, 1.54) is 82.7 Å². The van der Waals surface area contributed by atoms with E-state index in [1.807, 2.05) is 0 Å². The van der Waals surface area contributed by atoms with Gasteiger partial charge in [-0.1, -0.05) is 241 Å². The first-order valence-corrected chi connectivity index (χ1v) is 29.8. The summed E-state index contributed by atoms with van der Waals surface area (Å²) >= 11 is 0. The second-order valence-corrected chi connectivity index (χ2v) is 27.4. The molecule has 0 N–H and O–H groups in total. The molecule has 83 heavy (non-hydrogen) atoms. The molecule has 0 fully saturated rings. The first kappa shape index (κ1) is 53.6. The van der Waals surface area contributed by atoms with Crippen molar-refractivity contribution in [2.45, 2.75) is 117 Å². The Morgan fingerprint density at radius 3 is 1.20 bits per heavy atom. The molecule has 0 amide bonds. The summed E-state index contributed by atoms with van der Waals surface area (Å²) in [5.41, 5.74) is 20.5. The van der Waals surface area contributed by atoms with Gasteiger partial charge in [-0.3, -0.25) is 0 Å². The van der Waals surface area contributed by atoms with Gasteiger partial charge < -0.3 is 14.2 Å². The molecule has 3 heteroatoms. The van der Waals surface area contributed by atoms with Crippen LogP contribution < -0.4 is 9.80 Å². The topological polar surface area (TPSA) is 19.6 Å². The molecule has 0 radical (unpaired) electrons. The molecular formula is C80H76N2O. The van der Waals surface area contributed by atoms with Gasteiger partial charge in [-0.15, -0.1) is 0 Å². The molecule has 11 aromatic carbocycles. The van der Waals surface area contributed by atoms with Crippen LogP contribution in [0.4, 0.5) is 28.4 Å². The Bertz CT molecular complexity index is 4230. The van der Waals surface area contributed by atoms with Gasteiger partial charge in [0.1, 0.15) is 11.2 Å². The lowest BCUT2D eigenvalue weighted by molar-refractivity contribution is 0.590. The maximum Gasteiger partial charge on any atom is 0.136 e. The summed E-state index contributed by atoms with van der Waals surface area (Å²) in [6.45, 7) is 28.1. The maximum absolute atomic E-state index is 7.17. The lowest BCUT2D eigenvalue weighted by Crippen LogP contribution is -2.31. The lowest BCUT2D eigenvalue weighted by Gasteiger charge is -2.37. The summed E-state index contributed by atoms with van der Waals surface area (Å²) in [5.74, 6) is 0. The highest BCUT2D eigenvalue weighted by atomic mass is 16.3. The fourth-order valence-corrected chi connectivity index (χ4v) is 13.4. The van der Waals surface area contributed by atoms with Crippen LogP contribution in [0.3, 0.4) is 0 Å². The average molecular weight is 1080 g/mol. The van der Waals surface area contributed by atoms with Crippen LogP contribution in [0.15, 0.2) is 235 Å². The van der Waals surface area contributed by atoms with E-state index in [0.29, 0.717) is 6.54 Å². The number of anilines is 5. The highest BCUT2D eigenvalue weighted by Crippen LogP contribution is 2.64. The molecule has 412 valence electrons. The minimum atomic E-state index is -0.804. The molecule has 0 spiro atoms. The third-order valence-corrected chi connectivity index (χ3v) is 17.8. The molecule has 13 rings (SSSR count). The predicted molar refractivity (Wildman–Crippen MR) is 354 cm³/mol. The first-order chi connectivity index (χ1) is 39.7. The third kappa shape index (κ3) is 9.12. The van der Waals surface area contributed by atoms with Crippen LogP contribution in [0, 0.1) is 0 Å². The van der Waals surface area contributed by atoms with Crippen LogP contribution in [0.2, 0.25) is 0 Å². The number of nitrogens with zero attached hydrogens (tertiary/aromatic N) is 2. The quantitative estimate of drug-likeness (QED) is 0.134. The number of fused-ring (bicyclic) bond motifs is 12.